The van der Waals surface area contributed by atoms with Crippen LogP contribution in [0.15, 0.2) is 0 Å². The van der Waals surface area contributed by atoms with E-state index in [1.54, 1.807) is 0 Å². The summed E-state index contributed by atoms with van der Waals surface area (Å²) in [6, 6.07) is -1.41. The van der Waals surface area contributed by atoms with Gasteiger partial charge in [0.25, 0.3) is 0 Å². The number of alkyl halides is 3. The minimum absolute atomic E-state index is 0.00204. The maximum atomic E-state index is 12.4. The maximum Gasteiger partial charge on any atom is 0.404 e. The Hall–Kier alpha value is -0.780. The number of hydrogen-bond donors (Lipinski definition) is 1. The second-order valence-corrected chi connectivity index (χ2v) is 4.04. The average Bonchev–Trinajstić information content (AvgIpc) is 1.99. The fraction of sp³-hybridized carbons (Fsp3) is 0.889. The molecule has 0 aromatic heterocycles. The van der Waals surface area contributed by atoms with Gasteiger partial charge in [-0.05, 0) is 25.8 Å². The molecule has 1 fully saturated rings. The number of halogens is 3. The van der Waals surface area contributed by atoms with E-state index in [4.69, 9.17) is 5.11 Å². The highest BCUT2D eigenvalue weighted by Gasteiger charge is 2.44. The van der Waals surface area contributed by atoms with Crippen LogP contribution in [0.1, 0.15) is 19.3 Å². The first-order valence-corrected chi connectivity index (χ1v) is 4.79. The van der Waals surface area contributed by atoms with Crippen molar-refractivity contribution in [2.24, 2.45) is 5.92 Å². The van der Waals surface area contributed by atoms with Gasteiger partial charge in [0.15, 0.2) is 0 Å². The van der Waals surface area contributed by atoms with Gasteiger partial charge in [-0.15, -0.1) is 0 Å². The molecular formula is C9H14F3NO2. The molecule has 2 atom stereocenters. The summed E-state index contributed by atoms with van der Waals surface area (Å²) >= 11 is 0. The minimum Gasteiger partial charge on any atom is -0.481 e. The lowest BCUT2D eigenvalue weighted by atomic mass is 9.90. The summed E-state index contributed by atoms with van der Waals surface area (Å²) < 4.78 is 37.3. The lowest BCUT2D eigenvalue weighted by Crippen LogP contribution is -2.49. The van der Waals surface area contributed by atoms with E-state index in [1.165, 1.54) is 11.9 Å². The predicted molar refractivity (Wildman–Crippen MR) is 47.4 cm³/mol. The van der Waals surface area contributed by atoms with Crippen LogP contribution >= 0.6 is 0 Å². The van der Waals surface area contributed by atoms with Crippen molar-refractivity contribution in [1.29, 1.82) is 0 Å². The van der Waals surface area contributed by atoms with Crippen LogP contribution in [0.25, 0.3) is 0 Å². The van der Waals surface area contributed by atoms with Gasteiger partial charge < -0.3 is 5.11 Å². The number of aliphatic carboxylic acids is 1. The Labute approximate surface area is 85.9 Å². The Balaban J connectivity index is 2.51. The first-order chi connectivity index (χ1) is 6.80. The lowest BCUT2D eigenvalue weighted by Gasteiger charge is -2.37. The summed E-state index contributed by atoms with van der Waals surface area (Å²) in [5.41, 5.74) is 0. The van der Waals surface area contributed by atoms with Crippen molar-refractivity contribution >= 4 is 5.97 Å². The summed E-state index contributed by atoms with van der Waals surface area (Å²) in [4.78, 5) is 11.6. The average molecular weight is 225 g/mol. The van der Waals surface area contributed by atoms with Crippen LogP contribution in [0.2, 0.25) is 0 Å². The molecule has 1 saturated heterocycles. The molecule has 1 aliphatic rings. The number of carbonyl (C=O) groups is 1. The van der Waals surface area contributed by atoms with E-state index in [0.29, 0.717) is 6.42 Å². The molecule has 88 valence electrons. The zero-order valence-corrected chi connectivity index (χ0v) is 8.42. The number of nitrogens with zero attached hydrogens (tertiary/aromatic N) is 1. The molecule has 0 amide bonds. The van der Waals surface area contributed by atoms with Crippen LogP contribution in [0.5, 0.6) is 0 Å². The molecule has 0 aromatic carbocycles. The highest BCUT2D eigenvalue weighted by molar-refractivity contribution is 5.67. The van der Waals surface area contributed by atoms with Gasteiger partial charge in [-0.2, -0.15) is 13.2 Å². The molecule has 2 unspecified atom stereocenters. The fourth-order valence-corrected chi connectivity index (χ4v) is 2.07. The number of rotatable bonds is 2. The Morgan fingerprint density at radius 1 is 1.47 bits per heavy atom. The second-order valence-electron chi connectivity index (χ2n) is 4.04. The molecular weight excluding hydrogens is 211 g/mol. The molecule has 1 heterocycles. The topological polar surface area (TPSA) is 40.5 Å². The Morgan fingerprint density at radius 3 is 2.47 bits per heavy atom. The van der Waals surface area contributed by atoms with Crippen LogP contribution in [-0.2, 0) is 4.79 Å². The van der Waals surface area contributed by atoms with Gasteiger partial charge in [0, 0.05) is 13.0 Å². The van der Waals surface area contributed by atoms with Gasteiger partial charge in [-0.25, -0.2) is 0 Å². The third-order valence-corrected chi connectivity index (χ3v) is 2.77. The molecule has 0 radical (unpaired) electrons. The van der Waals surface area contributed by atoms with Gasteiger partial charge in [-0.3, -0.25) is 9.69 Å². The number of likely N-dealkylation sites (tertiary alicyclic amines) is 1. The third kappa shape index (κ3) is 3.37. The highest BCUT2D eigenvalue weighted by atomic mass is 19.4. The third-order valence-electron chi connectivity index (χ3n) is 2.77. The van der Waals surface area contributed by atoms with E-state index in [2.05, 4.69) is 0 Å². The second kappa shape index (κ2) is 4.38. The zero-order valence-electron chi connectivity index (χ0n) is 8.42. The van der Waals surface area contributed by atoms with Gasteiger partial charge in [0.05, 0.1) is 0 Å². The Kier molecular flexibility index (Phi) is 3.59. The summed E-state index contributed by atoms with van der Waals surface area (Å²) in [6.07, 6.45) is -3.92. The van der Waals surface area contributed by atoms with E-state index in [0.717, 1.165) is 0 Å². The summed E-state index contributed by atoms with van der Waals surface area (Å²) in [7, 11) is 1.40. The van der Waals surface area contributed by atoms with Crippen molar-refractivity contribution < 1.29 is 23.1 Å². The molecule has 0 aliphatic carbocycles. The molecule has 15 heavy (non-hydrogen) atoms. The predicted octanol–water partition coefficient (Wildman–Crippen LogP) is 1.73. The fourth-order valence-electron chi connectivity index (χ4n) is 2.07. The van der Waals surface area contributed by atoms with Gasteiger partial charge in [-0.1, -0.05) is 0 Å². The summed E-state index contributed by atoms with van der Waals surface area (Å²) in [6.45, 7) is 0.205. The van der Waals surface area contributed by atoms with Crippen molar-refractivity contribution in [2.75, 3.05) is 13.6 Å². The largest absolute Gasteiger partial charge is 0.481 e. The number of carboxylic acid groups (broad SMARTS) is 1. The van der Waals surface area contributed by atoms with Crippen LogP contribution in [0.4, 0.5) is 13.2 Å². The van der Waals surface area contributed by atoms with Crippen LogP contribution in [0.3, 0.4) is 0 Å². The maximum absolute atomic E-state index is 12.4. The van der Waals surface area contributed by atoms with Gasteiger partial charge >= 0.3 is 12.1 Å². The van der Waals surface area contributed by atoms with E-state index < -0.39 is 18.2 Å². The van der Waals surface area contributed by atoms with Crippen LogP contribution < -0.4 is 0 Å². The normalized spacial score (nSPS) is 29.1. The van der Waals surface area contributed by atoms with E-state index in [-0.39, 0.29) is 25.3 Å². The molecule has 3 nitrogen and oxygen atoms in total. The summed E-state index contributed by atoms with van der Waals surface area (Å²) in [5, 5.41) is 8.54. The first kappa shape index (κ1) is 12.3. The SMILES string of the molecule is CN1CC(CC(=O)O)CCC1C(F)(F)F. The standard InChI is InChI=1S/C9H14F3NO2/c1-13-5-6(4-8(14)15)2-3-7(13)9(10,11)12/h6-7H,2-5H2,1H3,(H,14,15). The molecule has 6 heteroatoms. The zero-order chi connectivity index (χ0) is 11.6. The van der Waals surface area contributed by atoms with Crippen LogP contribution in [0, 0.1) is 5.92 Å². The Bertz CT molecular complexity index is 242. The van der Waals surface area contributed by atoms with Gasteiger partial charge in [0.2, 0.25) is 0 Å². The molecule has 1 rings (SSSR count). The summed E-state index contributed by atoms with van der Waals surface area (Å²) in [5.74, 6) is -1.11. The van der Waals surface area contributed by atoms with E-state index in [1.807, 2.05) is 0 Å². The molecule has 0 saturated carbocycles. The van der Waals surface area contributed by atoms with Crippen molar-refractivity contribution in [3.05, 3.63) is 0 Å². The number of piperidine rings is 1. The molecule has 0 aromatic rings. The molecule has 1 N–H and O–H groups in total. The van der Waals surface area contributed by atoms with E-state index in [9.17, 15) is 18.0 Å². The van der Waals surface area contributed by atoms with Crippen molar-refractivity contribution in [2.45, 2.75) is 31.5 Å². The number of hydrogen-bond acceptors (Lipinski definition) is 2. The van der Waals surface area contributed by atoms with Crippen LogP contribution in [-0.4, -0.2) is 41.8 Å². The minimum atomic E-state index is -4.21. The smallest absolute Gasteiger partial charge is 0.404 e. The molecule has 1 aliphatic heterocycles. The first-order valence-electron chi connectivity index (χ1n) is 4.79. The number of carboxylic acids is 1. The molecule has 0 spiro atoms. The molecule has 0 bridgehead atoms. The van der Waals surface area contributed by atoms with E-state index >= 15 is 0 Å². The highest BCUT2D eigenvalue weighted by Crippen LogP contribution is 2.33. The quantitative estimate of drug-likeness (QED) is 0.778. The van der Waals surface area contributed by atoms with Crippen molar-refractivity contribution in [1.82, 2.24) is 4.90 Å². The van der Waals surface area contributed by atoms with Crippen molar-refractivity contribution in [3.8, 4) is 0 Å². The van der Waals surface area contributed by atoms with Crippen molar-refractivity contribution in [3.63, 3.8) is 0 Å². The Morgan fingerprint density at radius 2 is 2.07 bits per heavy atom. The lowest BCUT2D eigenvalue weighted by molar-refractivity contribution is -0.190. The van der Waals surface area contributed by atoms with Gasteiger partial charge in [0.1, 0.15) is 6.04 Å². The monoisotopic (exact) mass is 225 g/mol.